The highest BCUT2D eigenvalue weighted by molar-refractivity contribution is 6.33. The van der Waals surface area contributed by atoms with Gasteiger partial charge in [0.2, 0.25) is 0 Å². The number of amides is 1. The first kappa shape index (κ1) is 22.2. The summed E-state index contributed by atoms with van der Waals surface area (Å²) >= 11 is 6.34. The van der Waals surface area contributed by atoms with Crippen molar-refractivity contribution < 1.29 is 13.6 Å². The van der Waals surface area contributed by atoms with Crippen molar-refractivity contribution in [1.82, 2.24) is 10.2 Å². The van der Waals surface area contributed by atoms with Crippen LogP contribution in [0.4, 0.5) is 14.5 Å². The maximum atomic E-state index is 13.2. The fourth-order valence-corrected chi connectivity index (χ4v) is 3.32. The van der Waals surface area contributed by atoms with Crippen molar-refractivity contribution in [2.45, 2.75) is 18.8 Å². The van der Waals surface area contributed by atoms with Crippen molar-refractivity contribution in [3.05, 3.63) is 28.8 Å². The Balaban J connectivity index is 0.00000156. The molecule has 0 unspecified atom stereocenters. The number of benzene rings is 1. The van der Waals surface area contributed by atoms with E-state index in [4.69, 9.17) is 11.6 Å². The molecule has 2 aliphatic rings. The topological polar surface area (TPSA) is 35.6 Å². The van der Waals surface area contributed by atoms with E-state index in [1.165, 1.54) is 4.90 Å². The van der Waals surface area contributed by atoms with Crippen molar-refractivity contribution in [3.8, 4) is 0 Å². The predicted molar refractivity (Wildman–Crippen MR) is 101 cm³/mol. The molecule has 2 aliphatic heterocycles. The number of hydrogen-bond donors (Lipinski definition) is 1. The van der Waals surface area contributed by atoms with Gasteiger partial charge in [-0.2, -0.15) is 0 Å². The zero-order valence-corrected chi connectivity index (χ0v) is 16.0. The molecule has 3 rings (SSSR count). The Kier molecular flexibility index (Phi) is 8.19. The molecule has 0 radical (unpaired) electrons. The van der Waals surface area contributed by atoms with Crippen LogP contribution in [0.2, 0.25) is 5.02 Å². The monoisotopic (exact) mass is 415 g/mol. The minimum absolute atomic E-state index is 0. The zero-order valence-electron chi connectivity index (χ0n) is 13.6. The maximum Gasteiger partial charge on any atom is 0.253 e. The number of halogens is 5. The minimum Gasteiger partial charge on any atom is -0.368 e. The maximum absolute atomic E-state index is 13.2. The molecule has 1 aromatic carbocycles. The summed E-state index contributed by atoms with van der Waals surface area (Å²) in [5.41, 5.74) is 1.37. The first-order chi connectivity index (χ1) is 11.0. The summed E-state index contributed by atoms with van der Waals surface area (Å²) in [7, 11) is 0. The molecule has 2 saturated heterocycles. The molecule has 0 atom stereocenters. The number of alkyl halides is 2. The van der Waals surface area contributed by atoms with Crippen molar-refractivity contribution >= 4 is 48.0 Å². The zero-order chi connectivity index (χ0) is 16.4. The molecule has 1 N–H and O–H groups in total. The van der Waals surface area contributed by atoms with Crippen LogP contribution in [-0.2, 0) is 0 Å². The molecular formula is C16H22Cl3F2N3O. The van der Waals surface area contributed by atoms with Gasteiger partial charge in [-0.1, -0.05) is 11.6 Å². The molecule has 0 bridgehead atoms. The Morgan fingerprint density at radius 2 is 1.68 bits per heavy atom. The molecule has 142 valence electrons. The molecule has 0 aliphatic carbocycles. The number of carbonyl (C=O) groups excluding carboxylic acids is 1. The van der Waals surface area contributed by atoms with Gasteiger partial charge in [-0.25, -0.2) is 8.78 Å². The van der Waals surface area contributed by atoms with E-state index in [-0.39, 0.29) is 56.7 Å². The Labute approximate surface area is 163 Å². The van der Waals surface area contributed by atoms with Gasteiger partial charge >= 0.3 is 0 Å². The van der Waals surface area contributed by atoms with Gasteiger partial charge in [-0.15, -0.1) is 24.8 Å². The molecule has 1 amide bonds. The molecular weight excluding hydrogens is 395 g/mol. The molecule has 2 heterocycles. The van der Waals surface area contributed by atoms with Crippen LogP contribution in [0.25, 0.3) is 0 Å². The number of rotatable bonds is 2. The van der Waals surface area contributed by atoms with E-state index < -0.39 is 5.92 Å². The van der Waals surface area contributed by atoms with E-state index >= 15 is 0 Å². The van der Waals surface area contributed by atoms with E-state index in [9.17, 15) is 13.6 Å². The van der Waals surface area contributed by atoms with Gasteiger partial charge < -0.3 is 15.1 Å². The highest BCUT2D eigenvalue weighted by Gasteiger charge is 2.35. The summed E-state index contributed by atoms with van der Waals surface area (Å²) in [5, 5.41) is 3.80. The van der Waals surface area contributed by atoms with Crippen LogP contribution in [0.5, 0.6) is 0 Å². The SMILES string of the molecule is Cl.Cl.O=C(c1ccc(N2CCNCC2)c(Cl)c1)N1CCC(F)(F)CC1. The fourth-order valence-electron chi connectivity index (χ4n) is 3.02. The Morgan fingerprint density at radius 3 is 2.24 bits per heavy atom. The van der Waals surface area contributed by atoms with Crippen LogP contribution >= 0.6 is 36.4 Å². The number of hydrogen-bond acceptors (Lipinski definition) is 3. The number of piperazine rings is 1. The van der Waals surface area contributed by atoms with Crippen molar-refractivity contribution in [2.24, 2.45) is 0 Å². The van der Waals surface area contributed by atoms with Gasteiger partial charge in [0.1, 0.15) is 0 Å². The van der Waals surface area contributed by atoms with Gasteiger partial charge in [0.05, 0.1) is 10.7 Å². The Hall–Kier alpha value is -0.820. The van der Waals surface area contributed by atoms with E-state index in [1.807, 2.05) is 6.07 Å². The largest absolute Gasteiger partial charge is 0.368 e. The van der Waals surface area contributed by atoms with Crippen LogP contribution in [0.3, 0.4) is 0 Å². The van der Waals surface area contributed by atoms with Gasteiger partial charge in [-0.3, -0.25) is 4.79 Å². The predicted octanol–water partition coefficient (Wildman–Crippen LogP) is 3.46. The molecule has 1 aromatic rings. The first-order valence-electron chi connectivity index (χ1n) is 7.89. The highest BCUT2D eigenvalue weighted by Crippen LogP contribution is 2.30. The molecule has 0 saturated carbocycles. The standard InChI is InChI=1S/C16H20ClF2N3O.2ClH/c17-13-11-12(1-2-14(13)21-9-5-20-6-10-21)15(23)22-7-3-16(18,19)4-8-22;;/h1-2,11,20H,3-10H2;2*1H. The van der Waals surface area contributed by atoms with Crippen molar-refractivity contribution in [3.63, 3.8) is 0 Å². The number of nitrogens with one attached hydrogen (secondary N) is 1. The second-order valence-electron chi connectivity index (χ2n) is 6.05. The summed E-state index contributed by atoms with van der Waals surface area (Å²) < 4.78 is 26.4. The smallest absolute Gasteiger partial charge is 0.253 e. The van der Waals surface area contributed by atoms with Crippen LogP contribution in [0.15, 0.2) is 18.2 Å². The third-order valence-electron chi connectivity index (χ3n) is 4.43. The lowest BCUT2D eigenvalue weighted by Gasteiger charge is -2.32. The highest BCUT2D eigenvalue weighted by atomic mass is 35.5. The van der Waals surface area contributed by atoms with Crippen LogP contribution in [0, 0.1) is 0 Å². The summed E-state index contributed by atoms with van der Waals surface area (Å²) in [6.07, 6.45) is -0.545. The number of likely N-dealkylation sites (tertiary alicyclic amines) is 1. The minimum atomic E-state index is -2.65. The Bertz CT molecular complexity index is 588. The first-order valence-corrected chi connectivity index (χ1v) is 8.26. The summed E-state index contributed by atoms with van der Waals surface area (Å²) in [5.74, 6) is -2.88. The molecule has 2 fully saturated rings. The van der Waals surface area contributed by atoms with E-state index in [0.717, 1.165) is 31.9 Å². The average molecular weight is 417 g/mol. The third kappa shape index (κ3) is 5.33. The average Bonchev–Trinajstić information content (AvgIpc) is 2.55. The summed E-state index contributed by atoms with van der Waals surface area (Å²) in [6, 6.07) is 5.23. The molecule has 9 heteroatoms. The Morgan fingerprint density at radius 1 is 1.08 bits per heavy atom. The third-order valence-corrected chi connectivity index (χ3v) is 4.74. The summed E-state index contributed by atoms with van der Waals surface area (Å²) in [4.78, 5) is 16.1. The van der Waals surface area contributed by atoms with Gasteiger partial charge in [0.15, 0.2) is 0 Å². The normalized spacial score (nSPS) is 19.6. The lowest BCUT2D eigenvalue weighted by Crippen LogP contribution is -2.44. The number of anilines is 1. The van der Waals surface area contributed by atoms with Crippen molar-refractivity contribution in [2.75, 3.05) is 44.2 Å². The molecule has 0 spiro atoms. The van der Waals surface area contributed by atoms with Gasteiger partial charge in [-0.05, 0) is 18.2 Å². The second-order valence-corrected chi connectivity index (χ2v) is 6.46. The number of piperidine rings is 1. The van der Waals surface area contributed by atoms with E-state index in [1.54, 1.807) is 12.1 Å². The number of nitrogens with zero attached hydrogens (tertiary/aromatic N) is 2. The summed E-state index contributed by atoms with van der Waals surface area (Å²) in [6.45, 7) is 3.71. The molecule has 4 nitrogen and oxygen atoms in total. The number of carbonyl (C=O) groups is 1. The second kappa shape index (κ2) is 9.21. The van der Waals surface area contributed by atoms with Gasteiger partial charge in [0.25, 0.3) is 11.8 Å². The van der Waals surface area contributed by atoms with Gasteiger partial charge in [0, 0.05) is 57.7 Å². The van der Waals surface area contributed by atoms with Crippen molar-refractivity contribution in [1.29, 1.82) is 0 Å². The lowest BCUT2D eigenvalue weighted by atomic mass is 10.1. The van der Waals surface area contributed by atoms with Crippen LogP contribution < -0.4 is 10.2 Å². The fraction of sp³-hybridized carbons (Fsp3) is 0.562. The molecule has 25 heavy (non-hydrogen) atoms. The van der Waals surface area contributed by atoms with E-state index in [0.29, 0.717) is 10.6 Å². The quantitative estimate of drug-likeness (QED) is 0.802. The lowest BCUT2D eigenvalue weighted by molar-refractivity contribution is -0.0494. The molecule has 0 aromatic heterocycles. The van der Waals surface area contributed by atoms with Crippen LogP contribution in [0.1, 0.15) is 23.2 Å². The van der Waals surface area contributed by atoms with Crippen LogP contribution in [-0.4, -0.2) is 56.0 Å². The van der Waals surface area contributed by atoms with E-state index in [2.05, 4.69) is 10.2 Å².